The molecule has 0 unspecified atom stereocenters. The number of thiophene rings is 1. The third-order valence-corrected chi connectivity index (χ3v) is 19.0. The Bertz CT molecular complexity index is 4370. The number of rotatable bonds is 12. The molecule has 6 nitrogen and oxygen atoms in total. The number of fused-ring (bicyclic) bond motifs is 7. The molecule has 0 aliphatic heterocycles. The lowest BCUT2D eigenvalue weighted by Gasteiger charge is -2.26. The summed E-state index contributed by atoms with van der Waals surface area (Å²) >= 11 is 1.47. The van der Waals surface area contributed by atoms with Gasteiger partial charge in [0.2, 0.25) is 0 Å². The highest BCUT2D eigenvalue weighted by Gasteiger charge is 2.32. The van der Waals surface area contributed by atoms with E-state index in [4.69, 9.17) is 0 Å². The first kappa shape index (κ1) is 47.6. The van der Waals surface area contributed by atoms with Gasteiger partial charge in [0.15, 0.2) is 0 Å². The normalized spacial score (nSPS) is 11.8. The van der Waals surface area contributed by atoms with Gasteiger partial charge in [0.05, 0.1) is 32.5 Å². The van der Waals surface area contributed by atoms with Crippen LogP contribution in [-0.2, 0) is 20.0 Å². The highest BCUT2D eigenvalue weighted by atomic mass is 32.2. The summed E-state index contributed by atoms with van der Waals surface area (Å²) in [6, 6.07) is 89.4. The minimum atomic E-state index is -4.33. The molecule has 370 valence electrons. The fraction of sp³-hybridized carbons (Fsp3) is 0. The van der Waals surface area contributed by atoms with Gasteiger partial charge in [-0.2, -0.15) is 0 Å². The third-order valence-electron chi connectivity index (χ3n) is 14.3. The van der Waals surface area contributed by atoms with Crippen LogP contribution < -0.4 is 8.61 Å². The topological polar surface area (TPSA) is 74.8 Å². The minimum Gasteiger partial charge on any atom is -0.235 e. The first-order chi connectivity index (χ1) is 37.7. The van der Waals surface area contributed by atoms with Gasteiger partial charge >= 0.3 is 0 Å². The van der Waals surface area contributed by atoms with Gasteiger partial charge in [-0.05, 0) is 122 Å². The molecule has 9 heteroatoms. The van der Waals surface area contributed by atoms with Crippen LogP contribution >= 0.6 is 11.3 Å². The van der Waals surface area contributed by atoms with Gasteiger partial charge in [0.25, 0.3) is 20.0 Å². The van der Waals surface area contributed by atoms with E-state index in [1.54, 1.807) is 18.2 Å². The molecule has 13 aromatic rings. The number of hydrogen-bond acceptors (Lipinski definition) is 5. The number of anilines is 4. The molecule has 77 heavy (non-hydrogen) atoms. The van der Waals surface area contributed by atoms with Crippen LogP contribution in [0, 0.1) is 0 Å². The predicted octanol–water partition coefficient (Wildman–Crippen LogP) is 18.1. The standard InChI is InChI=1S/C68H46N2O4S3/c71-76(72,69(56-35-25-51(26-36-56)47-15-5-1-6-16-47)57-37-27-52(28-38-57)48-17-7-2-8-18-48)60-43-33-55-34-44-63-67-62-24-14-13-23-61(62)66(46-65(67)75-68(63)64(55)45-60)77(73,74)70(58-39-29-53(30-40-58)49-19-9-3-10-20-49)59-41-31-54(32-42-59)50-21-11-4-12-22-50/h1-46H. The Morgan fingerprint density at radius 3 is 1.05 bits per heavy atom. The van der Waals surface area contributed by atoms with E-state index < -0.39 is 20.0 Å². The van der Waals surface area contributed by atoms with E-state index >= 15 is 16.8 Å². The molecule has 1 aromatic heterocycles. The lowest BCUT2D eigenvalue weighted by atomic mass is 10.0. The number of sulfonamides is 2. The van der Waals surface area contributed by atoms with Crippen molar-refractivity contribution >= 4 is 95.9 Å². The Morgan fingerprint density at radius 1 is 0.286 bits per heavy atom. The van der Waals surface area contributed by atoms with Crippen LogP contribution in [0.4, 0.5) is 22.7 Å². The van der Waals surface area contributed by atoms with Crippen LogP contribution in [0.5, 0.6) is 0 Å². The Morgan fingerprint density at radius 2 is 0.636 bits per heavy atom. The van der Waals surface area contributed by atoms with E-state index in [0.717, 1.165) is 80.8 Å². The summed E-state index contributed by atoms with van der Waals surface area (Å²) in [7, 11) is -8.59. The van der Waals surface area contributed by atoms with E-state index in [2.05, 4.69) is 6.07 Å². The van der Waals surface area contributed by atoms with Crippen LogP contribution in [0.15, 0.2) is 289 Å². The van der Waals surface area contributed by atoms with Gasteiger partial charge in [-0.15, -0.1) is 11.3 Å². The maximum absolute atomic E-state index is 15.8. The Labute approximate surface area is 451 Å². The first-order valence-electron chi connectivity index (χ1n) is 25.2. The number of benzene rings is 12. The zero-order valence-electron chi connectivity index (χ0n) is 41.3. The highest BCUT2D eigenvalue weighted by molar-refractivity contribution is 7.93. The fourth-order valence-electron chi connectivity index (χ4n) is 10.5. The monoisotopic (exact) mass is 1050 g/mol. The van der Waals surface area contributed by atoms with Crippen molar-refractivity contribution in [1.82, 2.24) is 0 Å². The molecule has 0 amide bonds. The molecule has 13 rings (SSSR count). The molecule has 0 saturated carbocycles. The van der Waals surface area contributed by atoms with Crippen molar-refractivity contribution < 1.29 is 16.8 Å². The number of nitrogens with zero attached hydrogens (tertiary/aromatic N) is 2. The molecule has 0 saturated heterocycles. The van der Waals surface area contributed by atoms with Crippen molar-refractivity contribution in [2.45, 2.75) is 9.79 Å². The summed E-state index contributed by atoms with van der Waals surface area (Å²) in [6.07, 6.45) is 0. The van der Waals surface area contributed by atoms with Crippen molar-refractivity contribution in [2.75, 3.05) is 8.61 Å². The Kier molecular flexibility index (Phi) is 12.1. The SMILES string of the molecule is O=S(=O)(c1ccc2ccc3c(sc4cc(S(=O)(=O)N(c5ccc(-c6ccccc6)cc5)c5ccc(-c6ccccc6)cc5)c5ccccc5c43)c2c1)N(c1ccc(-c2ccccc2)cc1)c1ccc(-c2ccccc2)cc1. The van der Waals surface area contributed by atoms with Crippen molar-refractivity contribution in [3.8, 4) is 44.5 Å². The molecule has 0 fully saturated rings. The molecular weight excluding hydrogens is 1000 g/mol. The summed E-state index contributed by atoms with van der Waals surface area (Å²) < 4.78 is 67.0. The zero-order valence-corrected chi connectivity index (χ0v) is 43.8. The lowest BCUT2D eigenvalue weighted by molar-refractivity contribution is 0.595. The molecule has 0 aliphatic carbocycles. The maximum atomic E-state index is 15.8. The predicted molar refractivity (Wildman–Crippen MR) is 321 cm³/mol. The average molecular weight is 1050 g/mol. The summed E-state index contributed by atoms with van der Waals surface area (Å²) in [5.41, 5.74) is 9.94. The van der Waals surface area contributed by atoms with E-state index in [-0.39, 0.29) is 9.79 Å². The molecule has 1 heterocycles. The Balaban J connectivity index is 0.946. The zero-order chi connectivity index (χ0) is 52.1. The van der Waals surface area contributed by atoms with Crippen molar-refractivity contribution in [3.63, 3.8) is 0 Å². The third kappa shape index (κ3) is 8.70. The molecule has 0 spiro atoms. The molecule has 0 bridgehead atoms. The average Bonchev–Trinajstić information content (AvgIpc) is 4.07. The van der Waals surface area contributed by atoms with E-state index in [0.29, 0.717) is 28.1 Å². The fourth-order valence-corrected chi connectivity index (χ4v) is 15.1. The number of hydrogen-bond donors (Lipinski definition) is 0. The summed E-state index contributed by atoms with van der Waals surface area (Å²) in [4.78, 5) is 0.278. The van der Waals surface area contributed by atoms with Gasteiger partial charge < -0.3 is 0 Å². The summed E-state index contributed by atoms with van der Waals surface area (Å²) in [5.74, 6) is 0. The molecule has 0 radical (unpaired) electrons. The second-order valence-corrected chi connectivity index (χ2v) is 23.5. The lowest BCUT2D eigenvalue weighted by Crippen LogP contribution is -2.26. The molecular formula is C68H46N2O4S3. The Hall–Kier alpha value is -9.12. The van der Waals surface area contributed by atoms with E-state index in [1.807, 2.05) is 255 Å². The van der Waals surface area contributed by atoms with Crippen molar-refractivity contribution in [1.29, 1.82) is 0 Å². The first-order valence-corrected chi connectivity index (χ1v) is 28.9. The second-order valence-electron chi connectivity index (χ2n) is 18.9. The largest absolute Gasteiger partial charge is 0.269 e. The molecule has 0 aliphatic rings. The molecule has 0 atom stereocenters. The van der Waals surface area contributed by atoms with Gasteiger partial charge in [-0.1, -0.05) is 212 Å². The van der Waals surface area contributed by atoms with E-state index in [9.17, 15) is 0 Å². The van der Waals surface area contributed by atoms with Crippen LogP contribution in [0.1, 0.15) is 0 Å². The van der Waals surface area contributed by atoms with Crippen molar-refractivity contribution in [3.05, 3.63) is 279 Å². The summed E-state index contributed by atoms with van der Waals surface area (Å²) in [5, 5.41) is 4.77. The van der Waals surface area contributed by atoms with E-state index in [1.165, 1.54) is 19.9 Å². The van der Waals surface area contributed by atoms with Crippen LogP contribution in [0.25, 0.3) is 86.2 Å². The minimum absolute atomic E-state index is 0.120. The van der Waals surface area contributed by atoms with Gasteiger partial charge in [0.1, 0.15) is 0 Å². The van der Waals surface area contributed by atoms with Crippen LogP contribution in [0.3, 0.4) is 0 Å². The van der Waals surface area contributed by atoms with Crippen LogP contribution in [-0.4, -0.2) is 16.8 Å². The molecule has 0 N–H and O–H groups in total. The molecule has 12 aromatic carbocycles. The second kappa shape index (κ2) is 19.5. The van der Waals surface area contributed by atoms with Gasteiger partial charge in [0, 0.05) is 30.9 Å². The van der Waals surface area contributed by atoms with Crippen molar-refractivity contribution in [2.24, 2.45) is 0 Å². The smallest absolute Gasteiger partial charge is 0.235 e. The van der Waals surface area contributed by atoms with Gasteiger partial charge in [-0.3, -0.25) is 0 Å². The van der Waals surface area contributed by atoms with Gasteiger partial charge in [-0.25, -0.2) is 25.4 Å². The summed E-state index contributed by atoms with van der Waals surface area (Å²) in [6.45, 7) is 0. The maximum Gasteiger partial charge on any atom is 0.269 e. The highest BCUT2D eigenvalue weighted by Crippen LogP contribution is 2.47. The quantitative estimate of drug-likeness (QED) is 0.122. The van der Waals surface area contributed by atoms with Crippen LogP contribution in [0.2, 0.25) is 0 Å².